The molecular weight excluding hydrogens is 377 g/mol. The monoisotopic (exact) mass is 395 g/mol. The molecule has 0 aliphatic carbocycles. The molecule has 0 bridgehead atoms. The van der Waals surface area contributed by atoms with E-state index in [1.54, 1.807) is 24.3 Å². The largest absolute Gasteiger partial charge is 0.508 e. The van der Waals surface area contributed by atoms with Crippen molar-refractivity contribution in [3.05, 3.63) is 56.2 Å². The number of carbonyl (C=O) groups excluding carboxylic acids is 1. The van der Waals surface area contributed by atoms with Crippen LogP contribution in [0.5, 0.6) is 5.75 Å². The van der Waals surface area contributed by atoms with E-state index in [1.165, 1.54) is 16.9 Å². The van der Waals surface area contributed by atoms with E-state index in [0.29, 0.717) is 16.4 Å². The summed E-state index contributed by atoms with van der Waals surface area (Å²) in [4.78, 5) is 15.0. The van der Waals surface area contributed by atoms with Crippen molar-refractivity contribution in [3.8, 4) is 5.75 Å². The third-order valence-electron chi connectivity index (χ3n) is 4.53. The maximum atomic E-state index is 12.8. The van der Waals surface area contributed by atoms with Gasteiger partial charge in [0, 0.05) is 24.2 Å². The molecule has 1 aromatic heterocycles. The Morgan fingerprint density at radius 3 is 2.56 bits per heavy atom. The van der Waals surface area contributed by atoms with Crippen LogP contribution in [-0.2, 0) is 0 Å². The summed E-state index contributed by atoms with van der Waals surface area (Å²) in [6, 6.07) is 8.21. The third-order valence-corrected chi connectivity index (χ3v) is 6.01. The molecule has 1 aliphatic heterocycles. The van der Waals surface area contributed by atoms with Crippen LogP contribution in [0.15, 0.2) is 36.4 Å². The van der Waals surface area contributed by atoms with Crippen LogP contribution in [0, 0.1) is 0 Å². The predicted octanol–water partition coefficient (Wildman–Crippen LogP) is 5.51. The maximum absolute atomic E-state index is 12.8. The summed E-state index contributed by atoms with van der Waals surface area (Å²) in [5.74, 6) is 0.261. The fraction of sp³-hybridized carbons (Fsp3) is 0.316. The minimum absolute atomic E-state index is 0.0935. The molecule has 1 aromatic carbocycles. The van der Waals surface area contributed by atoms with Gasteiger partial charge in [-0.15, -0.1) is 11.3 Å². The molecule has 6 heteroatoms. The van der Waals surface area contributed by atoms with E-state index in [-0.39, 0.29) is 17.6 Å². The number of hydrogen-bond donors (Lipinski definition) is 1. The smallest absolute Gasteiger partial charge is 0.179 e. The lowest BCUT2D eigenvalue weighted by atomic mass is 9.96. The van der Waals surface area contributed by atoms with Gasteiger partial charge in [0.25, 0.3) is 0 Å². The van der Waals surface area contributed by atoms with Crippen molar-refractivity contribution in [1.29, 1.82) is 0 Å². The Morgan fingerprint density at radius 1 is 1.32 bits per heavy atom. The Balaban J connectivity index is 1.74. The Morgan fingerprint density at radius 2 is 2.04 bits per heavy atom. The first kappa shape index (κ1) is 18.5. The van der Waals surface area contributed by atoms with Crippen LogP contribution in [0.4, 0.5) is 0 Å². The van der Waals surface area contributed by atoms with Gasteiger partial charge >= 0.3 is 0 Å². The van der Waals surface area contributed by atoms with E-state index in [0.717, 1.165) is 29.3 Å². The van der Waals surface area contributed by atoms with E-state index in [4.69, 9.17) is 23.2 Å². The predicted molar refractivity (Wildman–Crippen MR) is 105 cm³/mol. The summed E-state index contributed by atoms with van der Waals surface area (Å²) in [5, 5.41) is 9.40. The Hall–Kier alpha value is -1.33. The lowest BCUT2D eigenvalue weighted by Gasteiger charge is -2.32. The molecule has 3 nitrogen and oxygen atoms in total. The van der Waals surface area contributed by atoms with E-state index in [1.807, 2.05) is 13.0 Å². The molecule has 132 valence electrons. The highest BCUT2D eigenvalue weighted by Crippen LogP contribution is 2.37. The molecule has 0 spiro atoms. The van der Waals surface area contributed by atoms with Crippen molar-refractivity contribution in [1.82, 2.24) is 4.90 Å². The highest BCUT2D eigenvalue weighted by Gasteiger charge is 2.27. The number of Topliss-reactive ketones (excluding diaryl/α,β-unsaturated/α-hetero) is 1. The molecule has 0 saturated heterocycles. The van der Waals surface area contributed by atoms with E-state index < -0.39 is 0 Å². The molecule has 0 fully saturated rings. The van der Waals surface area contributed by atoms with Gasteiger partial charge in [-0.1, -0.05) is 36.2 Å². The zero-order valence-electron chi connectivity index (χ0n) is 13.8. The lowest BCUT2D eigenvalue weighted by molar-refractivity contribution is 0.0826. The van der Waals surface area contributed by atoms with Crippen LogP contribution < -0.4 is 0 Å². The number of benzene rings is 1. The van der Waals surface area contributed by atoms with E-state index >= 15 is 0 Å². The molecule has 1 unspecified atom stereocenters. The average Bonchev–Trinajstić information content (AvgIpc) is 2.95. The van der Waals surface area contributed by atoms with Crippen LogP contribution in [0.2, 0.25) is 8.67 Å². The van der Waals surface area contributed by atoms with Crippen LogP contribution in [-0.4, -0.2) is 34.9 Å². The second kappa shape index (κ2) is 7.92. The molecule has 2 aromatic rings. The van der Waals surface area contributed by atoms with Gasteiger partial charge in [0.15, 0.2) is 5.78 Å². The van der Waals surface area contributed by atoms with Gasteiger partial charge in [-0.05, 0) is 48.7 Å². The first-order valence-corrected chi connectivity index (χ1v) is 9.78. The number of rotatable bonds is 5. The first-order valence-electron chi connectivity index (χ1n) is 8.21. The van der Waals surface area contributed by atoms with Crippen molar-refractivity contribution >= 4 is 45.9 Å². The van der Waals surface area contributed by atoms with Gasteiger partial charge in [-0.25, -0.2) is 0 Å². The summed E-state index contributed by atoms with van der Waals surface area (Å²) in [7, 11) is 0. The highest BCUT2D eigenvalue weighted by molar-refractivity contribution is 7.20. The fourth-order valence-corrected chi connectivity index (χ4v) is 4.73. The van der Waals surface area contributed by atoms with Crippen molar-refractivity contribution in [2.75, 3.05) is 13.1 Å². The van der Waals surface area contributed by atoms with Gasteiger partial charge < -0.3 is 5.11 Å². The third kappa shape index (κ3) is 4.09. The molecule has 0 amide bonds. The second-order valence-electron chi connectivity index (χ2n) is 6.05. The zero-order valence-corrected chi connectivity index (χ0v) is 16.2. The van der Waals surface area contributed by atoms with Crippen molar-refractivity contribution < 1.29 is 9.90 Å². The number of halogens is 2. The number of ketones is 1. The SMILES string of the molecule is CCC(C(=O)c1ccc(O)cc1)N1CC=C(c2cc(Cl)sc2Cl)CC1. The van der Waals surface area contributed by atoms with E-state index in [9.17, 15) is 9.90 Å². The van der Waals surface area contributed by atoms with Crippen molar-refractivity contribution in [2.24, 2.45) is 0 Å². The Bertz CT molecular complexity index is 798. The van der Waals surface area contributed by atoms with Crippen LogP contribution in [0.25, 0.3) is 5.57 Å². The molecule has 3 rings (SSSR count). The summed E-state index contributed by atoms with van der Waals surface area (Å²) in [5.41, 5.74) is 2.83. The summed E-state index contributed by atoms with van der Waals surface area (Å²) < 4.78 is 1.41. The topological polar surface area (TPSA) is 40.5 Å². The zero-order chi connectivity index (χ0) is 18.0. The Kier molecular flexibility index (Phi) is 5.85. The van der Waals surface area contributed by atoms with Crippen LogP contribution in [0.1, 0.15) is 35.7 Å². The first-order chi connectivity index (χ1) is 12.0. The van der Waals surface area contributed by atoms with Crippen molar-refractivity contribution in [2.45, 2.75) is 25.8 Å². The fourth-order valence-electron chi connectivity index (χ4n) is 3.20. The van der Waals surface area contributed by atoms with Gasteiger partial charge in [0.1, 0.15) is 10.1 Å². The molecule has 1 N–H and O–H groups in total. The number of hydrogen-bond acceptors (Lipinski definition) is 4. The van der Waals surface area contributed by atoms with Gasteiger partial charge in [-0.3, -0.25) is 9.69 Å². The summed E-state index contributed by atoms with van der Waals surface area (Å²) >= 11 is 13.7. The molecule has 1 atom stereocenters. The molecular formula is C19H19Cl2NO2S. The normalized spacial score (nSPS) is 16.5. The molecule has 0 radical (unpaired) electrons. The quantitative estimate of drug-likeness (QED) is 0.678. The summed E-state index contributed by atoms with van der Waals surface area (Å²) in [6.45, 7) is 3.54. The summed E-state index contributed by atoms with van der Waals surface area (Å²) in [6.07, 6.45) is 3.72. The molecule has 1 aliphatic rings. The number of aromatic hydroxyl groups is 1. The maximum Gasteiger partial charge on any atom is 0.179 e. The lowest BCUT2D eigenvalue weighted by Crippen LogP contribution is -2.43. The molecule has 0 saturated carbocycles. The highest BCUT2D eigenvalue weighted by atomic mass is 35.5. The number of carbonyl (C=O) groups is 1. The molecule has 25 heavy (non-hydrogen) atoms. The Labute approximate surface area is 161 Å². The molecule has 2 heterocycles. The van der Waals surface area contributed by atoms with Gasteiger partial charge in [-0.2, -0.15) is 0 Å². The van der Waals surface area contributed by atoms with Gasteiger partial charge in [0.05, 0.1) is 10.4 Å². The van der Waals surface area contributed by atoms with E-state index in [2.05, 4.69) is 11.0 Å². The number of thiophene rings is 1. The van der Waals surface area contributed by atoms with Crippen LogP contribution in [0.3, 0.4) is 0 Å². The average molecular weight is 396 g/mol. The number of phenols is 1. The number of phenolic OH excluding ortho intramolecular Hbond substituents is 1. The van der Waals surface area contributed by atoms with Crippen molar-refractivity contribution in [3.63, 3.8) is 0 Å². The number of nitrogens with zero attached hydrogens (tertiary/aromatic N) is 1. The second-order valence-corrected chi connectivity index (χ2v) is 8.33. The van der Waals surface area contributed by atoms with Gasteiger partial charge in [0.2, 0.25) is 0 Å². The minimum Gasteiger partial charge on any atom is -0.508 e. The minimum atomic E-state index is -0.163. The standard InChI is InChI=1S/C19H19Cl2NO2S/c1-2-16(18(24)13-3-5-14(23)6-4-13)22-9-7-12(8-10-22)15-11-17(20)25-19(15)21/h3-7,11,16,23H,2,8-10H2,1H3. The van der Waals surface area contributed by atoms with Crippen LogP contribution >= 0.6 is 34.5 Å².